The number of hydrogen-bond donors (Lipinski definition) is 3. The number of hydrogen-bond acceptors (Lipinski definition) is 4. The highest BCUT2D eigenvalue weighted by Gasteiger charge is 2.04. The van der Waals surface area contributed by atoms with Crippen LogP contribution in [0.4, 0.5) is 0 Å². The summed E-state index contributed by atoms with van der Waals surface area (Å²) >= 11 is 0. The van der Waals surface area contributed by atoms with E-state index in [-0.39, 0.29) is 0 Å². The van der Waals surface area contributed by atoms with Gasteiger partial charge in [0.15, 0.2) is 0 Å². The maximum absolute atomic E-state index is 3.20. The zero-order valence-electron chi connectivity index (χ0n) is 9.31. The SMILES string of the molecule is CCCCN1CCCCCCNNN1. The third kappa shape index (κ3) is 5.54. The second-order valence-corrected chi connectivity index (χ2v) is 3.92. The quantitative estimate of drug-likeness (QED) is 0.640. The first-order valence-electron chi connectivity index (χ1n) is 5.92. The van der Waals surface area contributed by atoms with E-state index in [2.05, 4.69) is 28.4 Å². The van der Waals surface area contributed by atoms with Crippen LogP contribution in [0.1, 0.15) is 45.4 Å². The van der Waals surface area contributed by atoms with Gasteiger partial charge >= 0.3 is 0 Å². The number of nitrogens with zero attached hydrogens (tertiary/aromatic N) is 1. The molecule has 0 unspecified atom stereocenters. The third-order valence-corrected chi connectivity index (χ3v) is 2.56. The summed E-state index contributed by atoms with van der Waals surface area (Å²) in [4.78, 5) is 0. The standard InChI is InChI=1S/C10H24N4/c1-2-3-9-14-10-7-5-4-6-8-11-12-13-14/h11-13H,2-10H2,1H3. The Hall–Kier alpha value is -0.160. The number of nitrogens with one attached hydrogen (secondary N) is 3. The van der Waals surface area contributed by atoms with Crippen molar-refractivity contribution in [2.45, 2.75) is 45.4 Å². The molecule has 0 saturated carbocycles. The first-order valence-corrected chi connectivity index (χ1v) is 5.92. The van der Waals surface area contributed by atoms with Crippen LogP contribution in [0.5, 0.6) is 0 Å². The molecule has 0 amide bonds. The normalized spacial score (nSPS) is 22.1. The van der Waals surface area contributed by atoms with Gasteiger partial charge < -0.3 is 0 Å². The molecule has 0 aromatic carbocycles. The number of rotatable bonds is 3. The fourth-order valence-electron chi connectivity index (χ4n) is 1.62. The van der Waals surface area contributed by atoms with Gasteiger partial charge in [0.25, 0.3) is 0 Å². The molecule has 4 nitrogen and oxygen atoms in total. The van der Waals surface area contributed by atoms with Crippen LogP contribution in [0, 0.1) is 0 Å². The van der Waals surface area contributed by atoms with E-state index >= 15 is 0 Å². The Balaban J connectivity index is 2.16. The van der Waals surface area contributed by atoms with Gasteiger partial charge in [-0.1, -0.05) is 26.2 Å². The summed E-state index contributed by atoms with van der Waals surface area (Å²) in [6, 6.07) is 0. The minimum Gasteiger partial charge on any atom is -0.243 e. The van der Waals surface area contributed by atoms with Crippen LogP contribution in [0.2, 0.25) is 0 Å². The van der Waals surface area contributed by atoms with E-state index in [4.69, 9.17) is 0 Å². The lowest BCUT2D eigenvalue weighted by Crippen LogP contribution is -2.53. The number of unbranched alkanes of at least 4 members (excludes halogenated alkanes) is 1. The molecule has 84 valence electrons. The van der Waals surface area contributed by atoms with Crippen LogP contribution in [0.3, 0.4) is 0 Å². The Bertz CT molecular complexity index is 119. The van der Waals surface area contributed by atoms with Crippen molar-refractivity contribution in [1.29, 1.82) is 0 Å². The lowest BCUT2D eigenvalue weighted by atomic mass is 10.2. The van der Waals surface area contributed by atoms with Gasteiger partial charge in [-0.2, -0.15) is 11.1 Å². The molecule has 3 N–H and O–H groups in total. The molecule has 1 rings (SSSR count). The molecule has 0 atom stereocenters. The molecule has 1 heterocycles. The van der Waals surface area contributed by atoms with Crippen molar-refractivity contribution >= 4 is 0 Å². The summed E-state index contributed by atoms with van der Waals surface area (Å²) in [5.74, 6) is 0. The highest BCUT2D eigenvalue weighted by atomic mass is 15.8. The van der Waals surface area contributed by atoms with Crippen molar-refractivity contribution in [2.75, 3.05) is 19.6 Å². The van der Waals surface area contributed by atoms with Gasteiger partial charge in [-0.3, -0.25) is 0 Å². The smallest absolute Gasteiger partial charge is 0.0144 e. The Labute approximate surface area is 87.3 Å². The van der Waals surface area contributed by atoms with Crippen LogP contribution in [-0.2, 0) is 0 Å². The first-order chi connectivity index (χ1) is 6.93. The monoisotopic (exact) mass is 200 g/mol. The van der Waals surface area contributed by atoms with Crippen molar-refractivity contribution in [3.63, 3.8) is 0 Å². The molecule has 1 saturated heterocycles. The van der Waals surface area contributed by atoms with Crippen LogP contribution in [0.15, 0.2) is 0 Å². The van der Waals surface area contributed by atoms with Crippen molar-refractivity contribution in [3.8, 4) is 0 Å². The van der Waals surface area contributed by atoms with E-state index in [1.807, 2.05) is 0 Å². The van der Waals surface area contributed by atoms with E-state index < -0.39 is 0 Å². The van der Waals surface area contributed by atoms with Gasteiger partial charge in [0.2, 0.25) is 0 Å². The molecule has 0 radical (unpaired) electrons. The average Bonchev–Trinajstić information content (AvgIpc) is 2.23. The molecule has 0 bridgehead atoms. The van der Waals surface area contributed by atoms with Crippen LogP contribution in [-0.4, -0.2) is 24.6 Å². The van der Waals surface area contributed by atoms with Gasteiger partial charge in [-0.15, -0.1) is 0 Å². The molecular formula is C10H24N4. The fourth-order valence-corrected chi connectivity index (χ4v) is 1.62. The Kier molecular flexibility index (Phi) is 6.95. The lowest BCUT2D eigenvalue weighted by molar-refractivity contribution is 0.126. The molecule has 0 spiro atoms. The van der Waals surface area contributed by atoms with Crippen molar-refractivity contribution in [1.82, 2.24) is 21.5 Å². The molecule has 1 aliphatic heterocycles. The summed E-state index contributed by atoms with van der Waals surface area (Å²) < 4.78 is 0. The molecule has 14 heavy (non-hydrogen) atoms. The average molecular weight is 200 g/mol. The van der Waals surface area contributed by atoms with E-state index in [9.17, 15) is 0 Å². The highest BCUT2D eigenvalue weighted by molar-refractivity contribution is 4.54. The lowest BCUT2D eigenvalue weighted by Gasteiger charge is -2.24. The third-order valence-electron chi connectivity index (χ3n) is 2.56. The van der Waals surface area contributed by atoms with E-state index in [0.29, 0.717) is 0 Å². The van der Waals surface area contributed by atoms with E-state index in [0.717, 1.165) is 19.6 Å². The topological polar surface area (TPSA) is 39.3 Å². The molecule has 0 aromatic heterocycles. The summed E-state index contributed by atoms with van der Waals surface area (Å²) in [6.45, 7) is 5.56. The van der Waals surface area contributed by atoms with E-state index in [1.54, 1.807) is 0 Å². The second kappa shape index (κ2) is 8.17. The van der Waals surface area contributed by atoms with Gasteiger partial charge in [-0.25, -0.2) is 10.4 Å². The summed E-state index contributed by atoms with van der Waals surface area (Å²) in [6.07, 6.45) is 7.78. The fraction of sp³-hybridized carbons (Fsp3) is 1.00. The molecule has 1 fully saturated rings. The van der Waals surface area contributed by atoms with Crippen LogP contribution in [0.25, 0.3) is 0 Å². The molecule has 0 aromatic rings. The highest BCUT2D eigenvalue weighted by Crippen LogP contribution is 2.01. The predicted molar refractivity (Wildman–Crippen MR) is 59.2 cm³/mol. The minimum atomic E-state index is 1.05. The van der Waals surface area contributed by atoms with Gasteiger partial charge in [0.1, 0.15) is 0 Å². The molecule has 1 aliphatic rings. The Morgan fingerprint density at radius 2 is 2.00 bits per heavy atom. The summed E-state index contributed by atoms with van der Waals surface area (Å²) in [5.41, 5.74) is 9.39. The molecular weight excluding hydrogens is 176 g/mol. The largest absolute Gasteiger partial charge is 0.243 e. The van der Waals surface area contributed by atoms with Gasteiger partial charge in [0, 0.05) is 19.6 Å². The second-order valence-electron chi connectivity index (χ2n) is 3.92. The zero-order valence-corrected chi connectivity index (χ0v) is 9.31. The van der Waals surface area contributed by atoms with Crippen molar-refractivity contribution < 1.29 is 0 Å². The number of hydrazine groups is 3. The first kappa shape index (κ1) is 11.9. The van der Waals surface area contributed by atoms with Crippen molar-refractivity contribution in [3.05, 3.63) is 0 Å². The van der Waals surface area contributed by atoms with Gasteiger partial charge in [-0.05, 0) is 19.3 Å². The minimum absolute atomic E-state index is 1.05. The van der Waals surface area contributed by atoms with Gasteiger partial charge in [0.05, 0.1) is 0 Å². The Morgan fingerprint density at radius 3 is 2.86 bits per heavy atom. The maximum atomic E-state index is 3.20. The molecule has 0 aliphatic carbocycles. The van der Waals surface area contributed by atoms with Crippen molar-refractivity contribution in [2.24, 2.45) is 0 Å². The predicted octanol–water partition coefficient (Wildman–Crippen LogP) is 1.18. The zero-order chi connectivity index (χ0) is 10.1. The maximum Gasteiger partial charge on any atom is 0.0144 e. The van der Waals surface area contributed by atoms with Crippen LogP contribution >= 0.6 is 0 Å². The molecule has 4 heteroatoms. The summed E-state index contributed by atoms with van der Waals surface area (Å²) in [5, 5.41) is 2.27. The van der Waals surface area contributed by atoms with E-state index in [1.165, 1.54) is 38.5 Å². The Morgan fingerprint density at radius 1 is 1.14 bits per heavy atom. The van der Waals surface area contributed by atoms with Crippen LogP contribution < -0.4 is 16.5 Å². The summed E-state index contributed by atoms with van der Waals surface area (Å²) in [7, 11) is 0.